The quantitative estimate of drug-likeness (QED) is 0.779. The normalized spacial score (nSPS) is 18.4. The lowest BCUT2D eigenvalue weighted by Crippen LogP contribution is -2.49. The van der Waals surface area contributed by atoms with Gasteiger partial charge in [-0.15, -0.1) is 0 Å². The van der Waals surface area contributed by atoms with E-state index in [4.69, 9.17) is 0 Å². The topological polar surface area (TPSA) is 86.7 Å². The third-order valence-corrected chi connectivity index (χ3v) is 4.66. The monoisotopic (exact) mass is 360 g/mol. The van der Waals surface area contributed by atoms with Crippen molar-refractivity contribution in [1.82, 2.24) is 10.2 Å². The average Bonchev–Trinajstić information content (AvgIpc) is 2.61. The number of aliphatic carboxylic acids is 1. The molecule has 0 radical (unpaired) electrons. The van der Waals surface area contributed by atoms with Crippen molar-refractivity contribution in [2.45, 2.75) is 45.6 Å². The summed E-state index contributed by atoms with van der Waals surface area (Å²) < 4.78 is 0. The van der Waals surface area contributed by atoms with Gasteiger partial charge >= 0.3 is 5.97 Å². The Morgan fingerprint density at radius 3 is 2.54 bits per heavy atom. The number of carboxylic acid groups (broad SMARTS) is 1. The molecule has 0 bridgehead atoms. The zero-order chi connectivity index (χ0) is 19.1. The number of rotatable bonds is 7. The second kappa shape index (κ2) is 9.36. The molecule has 1 aromatic rings. The molecule has 6 heteroatoms. The molecule has 1 unspecified atom stereocenters. The Labute approximate surface area is 154 Å². The van der Waals surface area contributed by atoms with Gasteiger partial charge in [0.2, 0.25) is 11.8 Å². The summed E-state index contributed by atoms with van der Waals surface area (Å²) in [7, 11) is 0. The smallest absolute Gasteiger partial charge is 0.326 e. The van der Waals surface area contributed by atoms with Crippen LogP contribution in [0.1, 0.15) is 38.7 Å². The predicted molar refractivity (Wildman–Crippen MR) is 98.5 cm³/mol. The third kappa shape index (κ3) is 5.86. The zero-order valence-electron chi connectivity index (χ0n) is 15.5. The van der Waals surface area contributed by atoms with E-state index in [2.05, 4.69) is 5.32 Å². The van der Waals surface area contributed by atoms with E-state index in [0.29, 0.717) is 32.4 Å². The molecule has 0 spiro atoms. The van der Waals surface area contributed by atoms with Crippen LogP contribution in [0.4, 0.5) is 0 Å². The van der Waals surface area contributed by atoms with Crippen molar-refractivity contribution in [2.24, 2.45) is 11.8 Å². The van der Waals surface area contributed by atoms with Crippen LogP contribution in [0.15, 0.2) is 30.3 Å². The second-order valence-corrected chi connectivity index (χ2v) is 7.37. The van der Waals surface area contributed by atoms with Crippen molar-refractivity contribution < 1.29 is 19.5 Å². The van der Waals surface area contributed by atoms with Gasteiger partial charge in [0.05, 0.1) is 12.3 Å². The Balaban J connectivity index is 1.92. The van der Waals surface area contributed by atoms with Crippen molar-refractivity contribution in [2.75, 3.05) is 13.1 Å². The fourth-order valence-electron chi connectivity index (χ4n) is 3.28. The van der Waals surface area contributed by atoms with E-state index in [1.807, 2.05) is 44.2 Å². The zero-order valence-corrected chi connectivity index (χ0v) is 15.5. The molecule has 26 heavy (non-hydrogen) atoms. The summed E-state index contributed by atoms with van der Waals surface area (Å²) in [6.45, 7) is 4.84. The molecule has 2 amide bonds. The number of likely N-dealkylation sites (tertiary alicyclic amines) is 1. The molecule has 0 saturated carbocycles. The molecule has 2 atom stereocenters. The van der Waals surface area contributed by atoms with Crippen LogP contribution in [0, 0.1) is 11.8 Å². The number of carbonyl (C=O) groups excluding carboxylic acids is 2. The number of hydrogen-bond donors (Lipinski definition) is 2. The van der Waals surface area contributed by atoms with Crippen LogP contribution in [-0.2, 0) is 20.8 Å². The van der Waals surface area contributed by atoms with Gasteiger partial charge in [0.1, 0.15) is 6.04 Å². The van der Waals surface area contributed by atoms with Crippen molar-refractivity contribution in [3.05, 3.63) is 35.9 Å². The highest BCUT2D eigenvalue weighted by atomic mass is 16.4. The number of amides is 2. The van der Waals surface area contributed by atoms with Gasteiger partial charge < -0.3 is 15.3 Å². The maximum absolute atomic E-state index is 12.5. The SMILES string of the molecule is CC(C)C[C@@H](NC(=O)C1CCCN(C(=O)Cc2ccccc2)C1)C(=O)O. The van der Waals surface area contributed by atoms with E-state index >= 15 is 0 Å². The minimum Gasteiger partial charge on any atom is -0.480 e. The number of piperidine rings is 1. The highest BCUT2D eigenvalue weighted by Crippen LogP contribution is 2.18. The van der Waals surface area contributed by atoms with Gasteiger partial charge in [0.15, 0.2) is 0 Å². The maximum Gasteiger partial charge on any atom is 0.326 e. The summed E-state index contributed by atoms with van der Waals surface area (Å²) in [6, 6.07) is 8.65. The van der Waals surface area contributed by atoms with Crippen LogP contribution in [0.5, 0.6) is 0 Å². The molecule has 1 aliphatic heterocycles. The van der Waals surface area contributed by atoms with Gasteiger partial charge in [-0.05, 0) is 30.7 Å². The maximum atomic E-state index is 12.5. The van der Waals surface area contributed by atoms with Crippen molar-refractivity contribution in [1.29, 1.82) is 0 Å². The Morgan fingerprint density at radius 2 is 1.92 bits per heavy atom. The average molecular weight is 360 g/mol. The van der Waals surface area contributed by atoms with Crippen LogP contribution in [0.2, 0.25) is 0 Å². The highest BCUT2D eigenvalue weighted by molar-refractivity contribution is 5.86. The third-order valence-electron chi connectivity index (χ3n) is 4.66. The fourth-order valence-corrected chi connectivity index (χ4v) is 3.28. The number of nitrogens with zero attached hydrogens (tertiary/aromatic N) is 1. The first kappa shape index (κ1) is 19.9. The summed E-state index contributed by atoms with van der Waals surface area (Å²) >= 11 is 0. The number of nitrogens with one attached hydrogen (secondary N) is 1. The Kier molecular flexibility index (Phi) is 7.18. The molecule has 6 nitrogen and oxygen atoms in total. The second-order valence-electron chi connectivity index (χ2n) is 7.37. The van der Waals surface area contributed by atoms with Gasteiger partial charge in [-0.1, -0.05) is 44.2 Å². The first-order valence-corrected chi connectivity index (χ1v) is 9.21. The lowest BCUT2D eigenvalue weighted by molar-refractivity contribution is -0.144. The summed E-state index contributed by atoms with van der Waals surface area (Å²) in [5.74, 6) is -1.45. The molecule has 0 aliphatic carbocycles. The van der Waals surface area contributed by atoms with Crippen molar-refractivity contribution in [3.8, 4) is 0 Å². The minimum absolute atomic E-state index is 0.00525. The number of benzene rings is 1. The van der Waals surface area contributed by atoms with E-state index in [-0.39, 0.29) is 23.7 Å². The number of hydrogen-bond acceptors (Lipinski definition) is 3. The lowest BCUT2D eigenvalue weighted by Gasteiger charge is -2.33. The summed E-state index contributed by atoms with van der Waals surface area (Å²) in [5, 5.41) is 11.9. The fraction of sp³-hybridized carbons (Fsp3) is 0.550. The van der Waals surface area contributed by atoms with Crippen LogP contribution in [0.25, 0.3) is 0 Å². The standard InChI is InChI=1S/C20H28N2O4/c1-14(2)11-17(20(25)26)21-19(24)16-9-6-10-22(13-16)18(23)12-15-7-4-3-5-8-15/h3-5,7-8,14,16-17H,6,9-13H2,1-2H3,(H,21,24)(H,25,26)/t16?,17-/m1/s1. The summed E-state index contributed by atoms with van der Waals surface area (Å²) in [4.78, 5) is 38.1. The molecule has 0 aromatic heterocycles. The Bertz CT molecular complexity index is 630. The summed E-state index contributed by atoms with van der Waals surface area (Å²) in [6.07, 6.45) is 2.14. The Hall–Kier alpha value is -2.37. The minimum atomic E-state index is -1.01. The van der Waals surface area contributed by atoms with E-state index in [1.165, 1.54) is 0 Å². The molecule has 1 fully saturated rings. The van der Waals surface area contributed by atoms with Crippen LogP contribution in [-0.4, -0.2) is 46.9 Å². The van der Waals surface area contributed by atoms with Crippen LogP contribution < -0.4 is 5.32 Å². The highest BCUT2D eigenvalue weighted by Gasteiger charge is 2.31. The molecule has 1 saturated heterocycles. The van der Waals surface area contributed by atoms with E-state index in [9.17, 15) is 19.5 Å². The van der Waals surface area contributed by atoms with Crippen LogP contribution >= 0.6 is 0 Å². The van der Waals surface area contributed by atoms with E-state index < -0.39 is 12.0 Å². The molecule has 1 aromatic carbocycles. The van der Waals surface area contributed by atoms with Crippen molar-refractivity contribution in [3.63, 3.8) is 0 Å². The van der Waals surface area contributed by atoms with Crippen molar-refractivity contribution >= 4 is 17.8 Å². The largest absolute Gasteiger partial charge is 0.480 e. The first-order valence-electron chi connectivity index (χ1n) is 9.21. The first-order chi connectivity index (χ1) is 12.4. The van der Waals surface area contributed by atoms with E-state index in [0.717, 1.165) is 12.0 Å². The summed E-state index contributed by atoms with van der Waals surface area (Å²) in [5.41, 5.74) is 0.951. The molecule has 1 aliphatic rings. The lowest BCUT2D eigenvalue weighted by atomic mass is 9.95. The van der Waals surface area contributed by atoms with E-state index in [1.54, 1.807) is 4.90 Å². The van der Waals surface area contributed by atoms with Gasteiger partial charge in [-0.25, -0.2) is 4.79 Å². The number of carbonyl (C=O) groups is 3. The molecule has 2 N–H and O–H groups in total. The van der Waals surface area contributed by atoms with Gasteiger partial charge in [-0.3, -0.25) is 9.59 Å². The molecule has 142 valence electrons. The molecular formula is C20H28N2O4. The predicted octanol–water partition coefficient (Wildman–Crippen LogP) is 2.08. The van der Waals surface area contributed by atoms with Gasteiger partial charge in [-0.2, -0.15) is 0 Å². The van der Waals surface area contributed by atoms with Gasteiger partial charge in [0.25, 0.3) is 0 Å². The molecular weight excluding hydrogens is 332 g/mol. The Morgan fingerprint density at radius 1 is 1.23 bits per heavy atom. The van der Waals surface area contributed by atoms with Gasteiger partial charge in [0, 0.05) is 13.1 Å². The number of carboxylic acids is 1. The molecule has 1 heterocycles. The van der Waals surface area contributed by atoms with Crippen LogP contribution in [0.3, 0.4) is 0 Å². The molecule has 2 rings (SSSR count).